The molecule has 0 amide bonds. The molecule has 1 aromatic rings. The van der Waals surface area contributed by atoms with Gasteiger partial charge in [0.1, 0.15) is 5.82 Å². The lowest BCUT2D eigenvalue weighted by molar-refractivity contribution is 0.327. The van der Waals surface area contributed by atoms with Gasteiger partial charge in [0.2, 0.25) is 0 Å². The van der Waals surface area contributed by atoms with E-state index in [0.717, 1.165) is 31.5 Å². The zero-order valence-corrected chi connectivity index (χ0v) is 14.6. The molecule has 0 saturated carbocycles. The van der Waals surface area contributed by atoms with Crippen LogP contribution in [0.1, 0.15) is 31.2 Å². The Bertz CT molecular complexity index is 699. The van der Waals surface area contributed by atoms with Gasteiger partial charge in [-0.15, -0.1) is 0 Å². The summed E-state index contributed by atoms with van der Waals surface area (Å²) in [6.07, 6.45) is 5.74. The van der Waals surface area contributed by atoms with Gasteiger partial charge in [-0.05, 0) is 25.0 Å². The van der Waals surface area contributed by atoms with E-state index >= 15 is 0 Å². The maximum atomic E-state index is 12.8. The Morgan fingerprint density at radius 1 is 0.958 bits per heavy atom. The first-order chi connectivity index (χ1) is 11.6. The molecule has 2 saturated heterocycles. The molecule has 0 N–H and O–H groups in total. The van der Waals surface area contributed by atoms with Gasteiger partial charge in [0.05, 0.1) is 11.6 Å². The molecule has 8 heteroatoms. The third-order valence-corrected chi connectivity index (χ3v) is 6.69. The van der Waals surface area contributed by atoms with Crippen molar-refractivity contribution in [1.82, 2.24) is 13.6 Å². The first kappa shape index (κ1) is 17.1. The normalized spacial score (nSPS) is 21.2. The fraction of sp³-hybridized carbons (Fsp3) is 0.625. The topological polar surface area (TPSA) is 80.5 Å². The molecule has 0 spiro atoms. The van der Waals surface area contributed by atoms with Crippen LogP contribution in [-0.2, 0) is 10.2 Å². The van der Waals surface area contributed by atoms with Gasteiger partial charge in [0.25, 0.3) is 10.2 Å². The van der Waals surface area contributed by atoms with Crippen LogP contribution in [0.4, 0.5) is 5.82 Å². The van der Waals surface area contributed by atoms with Crippen molar-refractivity contribution in [2.24, 2.45) is 0 Å². The minimum atomic E-state index is -3.36. The number of nitrogens with zero attached hydrogens (tertiary/aromatic N) is 5. The lowest BCUT2D eigenvalue weighted by Crippen LogP contribution is -2.53. The Hall–Kier alpha value is -1.69. The molecule has 24 heavy (non-hydrogen) atoms. The van der Waals surface area contributed by atoms with E-state index in [-0.39, 0.29) is 0 Å². The monoisotopic (exact) mass is 349 g/mol. The second-order valence-electron chi connectivity index (χ2n) is 6.22. The molecule has 0 radical (unpaired) electrons. The maximum absolute atomic E-state index is 12.8. The highest BCUT2D eigenvalue weighted by atomic mass is 32.2. The highest BCUT2D eigenvalue weighted by Gasteiger charge is 2.32. The van der Waals surface area contributed by atoms with Crippen molar-refractivity contribution in [2.75, 3.05) is 44.2 Å². The SMILES string of the molecule is N#Cc1ccnc(N2CCN(S(=O)(=O)N3CCCCCC3)CC2)c1. The number of hydrogen-bond donors (Lipinski definition) is 0. The number of rotatable bonds is 3. The molecule has 0 bridgehead atoms. The van der Waals surface area contributed by atoms with Crippen LogP contribution >= 0.6 is 0 Å². The minimum absolute atomic E-state index is 0.456. The summed E-state index contributed by atoms with van der Waals surface area (Å²) >= 11 is 0. The summed E-state index contributed by atoms with van der Waals surface area (Å²) in [5.74, 6) is 0.737. The number of aromatic nitrogens is 1. The van der Waals surface area contributed by atoms with Crippen molar-refractivity contribution in [1.29, 1.82) is 5.26 Å². The summed E-state index contributed by atoms with van der Waals surface area (Å²) < 4.78 is 28.9. The highest BCUT2D eigenvalue weighted by Crippen LogP contribution is 2.20. The number of pyridine rings is 1. The Balaban J connectivity index is 1.64. The van der Waals surface area contributed by atoms with Crippen molar-refractivity contribution in [3.05, 3.63) is 23.9 Å². The van der Waals surface area contributed by atoms with Crippen LogP contribution in [0.2, 0.25) is 0 Å². The van der Waals surface area contributed by atoms with E-state index in [1.807, 2.05) is 4.90 Å². The predicted octanol–water partition coefficient (Wildman–Crippen LogP) is 1.20. The van der Waals surface area contributed by atoms with Crippen LogP contribution in [-0.4, -0.2) is 61.3 Å². The lowest BCUT2D eigenvalue weighted by atomic mass is 10.2. The number of anilines is 1. The van der Waals surface area contributed by atoms with E-state index in [9.17, 15) is 8.42 Å². The summed E-state index contributed by atoms with van der Waals surface area (Å²) in [6.45, 7) is 3.36. The van der Waals surface area contributed by atoms with Gasteiger partial charge >= 0.3 is 0 Å². The Labute approximate surface area is 143 Å². The molecular formula is C16H23N5O2S. The van der Waals surface area contributed by atoms with Gasteiger partial charge in [0.15, 0.2) is 0 Å². The second kappa shape index (κ2) is 7.47. The van der Waals surface area contributed by atoms with Crippen LogP contribution < -0.4 is 4.90 Å². The summed E-state index contributed by atoms with van der Waals surface area (Å²) in [5, 5.41) is 8.99. The predicted molar refractivity (Wildman–Crippen MR) is 91.7 cm³/mol. The lowest BCUT2D eigenvalue weighted by Gasteiger charge is -2.37. The molecule has 0 atom stereocenters. The first-order valence-electron chi connectivity index (χ1n) is 8.47. The van der Waals surface area contributed by atoms with Gasteiger partial charge in [0, 0.05) is 45.5 Å². The van der Waals surface area contributed by atoms with Gasteiger partial charge < -0.3 is 4.90 Å². The number of nitriles is 1. The molecule has 0 aromatic carbocycles. The summed E-state index contributed by atoms with van der Waals surface area (Å²) in [5.41, 5.74) is 0.569. The van der Waals surface area contributed by atoms with Gasteiger partial charge in [-0.2, -0.15) is 22.3 Å². The second-order valence-corrected chi connectivity index (χ2v) is 8.15. The largest absolute Gasteiger partial charge is 0.354 e. The average Bonchev–Trinajstić information content (AvgIpc) is 2.92. The Morgan fingerprint density at radius 3 is 2.21 bits per heavy atom. The van der Waals surface area contributed by atoms with E-state index in [1.54, 1.807) is 26.9 Å². The molecule has 0 unspecified atom stereocenters. The highest BCUT2D eigenvalue weighted by molar-refractivity contribution is 7.86. The van der Waals surface area contributed by atoms with Crippen molar-refractivity contribution >= 4 is 16.0 Å². The number of piperazine rings is 1. The first-order valence-corrected chi connectivity index (χ1v) is 9.87. The third kappa shape index (κ3) is 3.69. The smallest absolute Gasteiger partial charge is 0.282 e. The van der Waals surface area contributed by atoms with Crippen molar-refractivity contribution < 1.29 is 8.42 Å². The van der Waals surface area contributed by atoms with E-state index in [4.69, 9.17) is 5.26 Å². The van der Waals surface area contributed by atoms with Crippen LogP contribution in [0.5, 0.6) is 0 Å². The van der Waals surface area contributed by atoms with Gasteiger partial charge in [-0.3, -0.25) is 0 Å². The molecule has 1 aromatic heterocycles. The molecule has 7 nitrogen and oxygen atoms in total. The van der Waals surface area contributed by atoms with Gasteiger partial charge in [-0.25, -0.2) is 4.98 Å². The molecule has 2 aliphatic heterocycles. The molecule has 3 rings (SSSR count). The molecule has 0 aliphatic carbocycles. The summed E-state index contributed by atoms with van der Waals surface area (Å²) in [4.78, 5) is 6.33. The van der Waals surface area contributed by atoms with E-state index in [1.165, 1.54) is 0 Å². The van der Waals surface area contributed by atoms with Crippen molar-refractivity contribution in [3.63, 3.8) is 0 Å². The third-order valence-electron chi connectivity index (χ3n) is 4.65. The minimum Gasteiger partial charge on any atom is -0.354 e. The quantitative estimate of drug-likeness (QED) is 0.819. The zero-order chi connectivity index (χ0) is 17.0. The fourth-order valence-electron chi connectivity index (χ4n) is 3.24. The molecular weight excluding hydrogens is 326 g/mol. The maximum Gasteiger partial charge on any atom is 0.282 e. The van der Waals surface area contributed by atoms with Gasteiger partial charge in [-0.1, -0.05) is 12.8 Å². The van der Waals surface area contributed by atoms with Crippen LogP contribution in [0.15, 0.2) is 18.3 Å². The number of hydrogen-bond acceptors (Lipinski definition) is 5. The zero-order valence-electron chi connectivity index (χ0n) is 13.8. The fourth-order valence-corrected chi connectivity index (χ4v) is 4.92. The average molecular weight is 349 g/mol. The molecule has 2 fully saturated rings. The van der Waals surface area contributed by atoms with E-state index < -0.39 is 10.2 Å². The van der Waals surface area contributed by atoms with E-state index in [2.05, 4.69) is 11.1 Å². The van der Waals surface area contributed by atoms with Crippen LogP contribution in [0.3, 0.4) is 0 Å². The molecule has 3 heterocycles. The standard InChI is InChI=1S/C16H23N5O2S/c17-14-15-5-6-18-16(13-15)19-9-11-21(12-10-19)24(22,23)20-7-3-1-2-4-8-20/h5-6,13H,1-4,7-12H2. The molecule has 130 valence electrons. The van der Waals surface area contributed by atoms with Crippen LogP contribution in [0, 0.1) is 11.3 Å². The van der Waals surface area contributed by atoms with Crippen LogP contribution in [0.25, 0.3) is 0 Å². The Morgan fingerprint density at radius 2 is 1.58 bits per heavy atom. The summed E-state index contributed by atoms with van der Waals surface area (Å²) in [7, 11) is -3.36. The van der Waals surface area contributed by atoms with Crippen molar-refractivity contribution in [2.45, 2.75) is 25.7 Å². The Kier molecular flexibility index (Phi) is 5.33. The van der Waals surface area contributed by atoms with E-state index in [0.29, 0.717) is 44.8 Å². The summed E-state index contributed by atoms with van der Waals surface area (Å²) in [6, 6.07) is 5.53. The van der Waals surface area contributed by atoms with Crippen molar-refractivity contribution in [3.8, 4) is 6.07 Å². The molecule has 2 aliphatic rings.